The van der Waals surface area contributed by atoms with Crippen molar-refractivity contribution in [1.29, 1.82) is 0 Å². The number of nitrogens with zero attached hydrogens (tertiary/aromatic N) is 1. The molecule has 0 saturated heterocycles. The molecule has 1 atom stereocenters. The maximum Gasteiger partial charge on any atom is 0.0208 e. The van der Waals surface area contributed by atoms with Crippen LogP contribution in [0.5, 0.6) is 0 Å². The van der Waals surface area contributed by atoms with Crippen LogP contribution in [0.1, 0.15) is 32.8 Å². The van der Waals surface area contributed by atoms with Crippen LogP contribution in [-0.2, 0) is 6.42 Å². The zero-order chi connectivity index (χ0) is 12.9. The van der Waals surface area contributed by atoms with Gasteiger partial charge >= 0.3 is 0 Å². The molecule has 1 aromatic rings. The molecule has 2 heteroatoms. The van der Waals surface area contributed by atoms with Crippen LogP contribution >= 0.6 is 0 Å². The molecule has 0 aliphatic heterocycles. The van der Waals surface area contributed by atoms with Crippen molar-refractivity contribution in [2.24, 2.45) is 5.73 Å². The molecule has 0 radical (unpaired) electrons. The lowest BCUT2D eigenvalue weighted by Gasteiger charge is -2.36. The lowest BCUT2D eigenvalue weighted by molar-refractivity contribution is 0.142. The Labute approximate surface area is 106 Å². The summed E-state index contributed by atoms with van der Waals surface area (Å²) in [5.74, 6) is 0. The molecule has 0 saturated carbocycles. The second-order valence-electron chi connectivity index (χ2n) is 5.50. The minimum atomic E-state index is 0.202. The lowest BCUT2D eigenvalue weighted by Crippen LogP contribution is -2.47. The first kappa shape index (κ1) is 14.2. The molecule has 0 fully saturated rings. The zero-order valence-electron chi connectivity index (χ0n) is 11.6. The third-order valence-electron chi connectivity index (χ3n) is 3.75. The summed E-state index contributed by atoms with van der Waals surface area (Å²) in [6.07, 6.45) is 2.09. The lowest BCUT2D eigenvalue weighted by atomic mass is 9.98. The first-order valence-corrected chi connectivity index (χ1v) is 6.46. The van der Waals surface area contributed by atoms with Crippen LogP contribution in [0.25, 0.3) is 0 Å². The number of nitrogens with two attached hydrogens (primary N) is 1. The quantitative estimate of drug-likeness (QED) is 0.820. The van der Waals surface area contributed by atoms with Gasteiger partial charge in [-0.2, -0.15) is 0 Å². The van der Waals surface area contributed by atoms with Gasteiger partial charge in [0.25, 0.3) is 0 Å². The molecule has 0 amide bonds. The second kappa shape index (κ2) is 6.18. The van der Waals surface area contributed by atoms with Crippen molar-refractivity contribution in [2.45, 2.75) is 45.2 Å². The fourth-order valence-electron chi connectivity index (χ4n) is 1.85. The summed E-state index contributed by atoms with van der Waals surface area (Å²) in [4.78, 5) is 2.36. The molecule has 0 heterocycles. The highest BCUT2D eigenvalue weighted by molar-refractivity contribution is 5.15. The van der Waals surface area contributed by atoms with E-state index in [0.717, 1.165) is 19.4 Å². The summed E-state index contributed by atoms with van der Waals surface area (Å²) in [5, 5.41) is 0. The first-order valence-electron chi connectivity index (χ1n) is 6.46. The van der Waals surface area contributed by atoms with E-state index in [1.165, 1.54) is 5.56 Å². The molecule has 17 heavy (non-hydrogen) atoms. The van der Waals surface area contributed by atoms with E-state index in [1.54, 1.807) is 0 Å². The van der Waals surface area contributed by atoms with E-state index in [2.05, 4.69) is 57.0 Å². The van der Waals surface area contributed by atoms with E-state index in [4.69, 9.17) is 5.73 Å². The Balaban J connectivity index is 2.47. The molecule has 1 aromatic carbocycles. The van der Waals surface area contributed by atoms with Crippen molar-refractivity contribution in [3.8, 4) is 0 Å². The number of benzene rings is 1. The summed E-state index contributed by atoms with van der Waals surface area (Å²) in [5.41, 5.74) is 7.77. The molecule has 2 nitrogen and oxygen atoms in total. The van der Waals surface area contributed by atoms with Crippen LogP contribution in [0.15, 0.2) is 30.3 Å². The Bertz CT molecular complexity index is 319. The van der Waals surface area contributed by atoms with Crippen molar-refractivity contribution >= 4 is 0 Å². The smallest absolute Gasteiger partial charge is 0.0208 e. The van der Waals surface area contributed by atoms with E-state index in [1.807, 2.05) is 6.07 Å². The highest BCUT2D eigenvalue weighted by Crippen LogP contribution is 2.16. The van der Waals surface area contributed by atoms with E-state index in [0.29, 0.717) is 0 Å². The minimum absolute atomic E-state index is 0.202. The number of rotatable bonds is 6. The maximum absolute atomic E-state index is 6.22. The summed E-state index contributed by atoms with van der Waals surface area (Å²) in [6.45, 7) is 7.69. The van der Waals surface area contributed by atoms with E-state index in [-0.39, 0.29) is 11.6 Å². The monoisotopic (exact) mass is 234 g/mol. The van der Waals surface area contributed by atoms with Crippen molar-refractivity contribution in [1.82, 2.24) is 4.90 Å². The molecule has 1 rings (SSSR count). The van der Waals surface area contributed by atoms with Gasteiger partial charge in [0.2, 0.25) is 0 Å². The molecule has 2 N–H and O–H groups in total. The van der Waals surface area contributed by atoms with Crippen molar-refractivity contribution < 1.29 is 0 Å². The fourth-order valence-corrected chi connectivity index (χ4v) is 1.85. The van der Waals surface area contributed by atoms with Crippen LogP contribution in [0.3, 0.4) is 0 Å². The van der Waals surface area contributed by atoms with Gasteiger partial charge in [-0.15, -0.1) is 0 Å². The van der Waals surface area contributed by atoms with Gasteiger partial charge in [-0.05, 0) is 39.3 Å². The summed E-state index contributed by atoms with van der Waals surface area (Å²) < 4.78 is 0. The van der Waals surface area contributed by atoms with Crippen molar-refractivity contribution in [2.75, 3.05) is 13.6 Å². The number of hydrogen-bond acceptors (Lipinski definition) is 2. The summed E-state index contributed by atoms with van der Waals surface area (Å²) in [6, 6.07) is 10.7. The van der Waals surface area contributed by atoms with Gasteiger partial charge in [0.15, 0.2) is 0 Å². The van der Waals surface area contributed by atoms with Crippen molar-refractivity contribution in [3.05, 3.63) is 35.9 Å². The molecule has 0 bridgehead atoms. The minimum Gasteiger partial charge on any atom is -0.326 e. The Morgan fingerprint density at radius 3 is 2.35 bits per heavy atom. The summed E-state index contributed by atoms with van der Waals surface area (Å²) in [7, 11) is 2.16. The average molecular weight is 234 g/mol. The Morgan fingerprint density at radius 1 is 1.24 bits per heavy atom. The maximum atomic E-state index is 6.22. The molecular formula is C15H26N2. The van der Waals surface area contributed by atoms with Gasteiger partial charge in [-0.25, -0.2) is 0 Å². The van der Waals surface area contributed by atoms with Crippen molar-refractivity contribution in [3.63, 3.8) is 0 Å². The third kappa shape index (κ3) is 4.49. The van der Waals surface area contributed by atoms with Crippen LogP contribution in [0.2, 0.25) is 0 Å². The van der Waals surface area contributed by atoms with E-state index in [9.17, 15) is 0 Å². The summed E-state index contributed by atoms with van der Waals surface area (Å²) >= 11 is 0. The highest BCUT2D eigenvalue weighted by Gasteiger charge is 2.22. The van der Waals surface area contributed by atoms with Crippen LogP contribution in [0, 0.1) is 0 Å². The normalized spacial score (nSPS) is 14.0. The SMILES string of the molecule is CCC(C)(C)N(C)CC(N)Cc1ccccc1. The van der Waals surface area contributed by atoms with Gasteiger partial charge in [0, 0.05) is 18.1 Å². The van der Waals surface area contributed by atoms with Gasteiger partial charge in [0.05, 0.1) is 0 Å². The Kier molecular flexibility index (Phi) is 5.16. The van der Waals surface area contributed by atoms with Crippen LogP contribution in [0.4, 0.5) is 0 Å². The molecule has 1 unspecified atom stereocenters. The van der Waals surface area contributed by atoms with Gasteiger partial charge in [-0.1, -0.05) is 37.3 Å². The molecule has 0 spiro atoms. The number of hydrogen-bond donors (Lipinski definition) is 1. The molecular weight excluding hydrogens is 208 g/mol. The van der Waals surface area contributed by atoms with Crippen LogP contribution < -0.4 is 5.73 Å². The highest BCUT2D eigenvalue weighted by atomic mass is 15.2. The predicted molar refractivity (Wildman–Crippen MR) is 75.1 cm³/mol. The second-order valence-corrected chi connectivity index (χ2v) is 5.50. The standard InChI is InChI=1S/C15H26N2/c1-5-15(2,3)17(4)12-14(16)11-13-9-7-6-8-10-13/h6-10,14H,5,11-12,16H2,1-4H3. The Hall–Kier alpha value is -0.860. The van der Waals surface area contributed by atoms with E-state index >= 15 is 0 Å². The molecule has 0 aliphatic carbocycles. The Morgan fingerprint density at radius 2 is 1.82 bits per heavy atom. The van der Waals surface area contributed by atoms with Gasteiger partial charge in [0.1, 0.15) is 0 Å². The fraction of sp³-hybridized carbons (Fsp3) is 0.600. The van der Waals surface area contributed by atoms with Gasteiger partial charge in [-0.3, -0.25) is 4.90 Å². The molecule has 96 valence electrons. The molecule has 0 aromatic heterocycles. The zero-order valence-corrected chi connectivity index (χ0v) is 11.6. The topological polar surface area (TPSA) is 29.3 Å². The van der Waals surface area contributed by atoms with Crippen LogP contribution in [-0.4, -0.2) is 30.1 Å². The largest absolute Gasteiger partial charge is 0.326 e. The third-order valence-corrected chi connectivity index (χ3v) is 3.75. The predicted octanol–water partition coefficient (Wildman–Crippen LogP) is 2.68. The first-order chi connectivity index (χ1) is 7.95. The van der Waals surface area contributed by atoms with E-state index < -0.39 is 0 Å². The van der Waals surface area contributed by atoms with Gasteiger partial charge < -0.3 is 5.73 Å². The average Bonchev–Trinajstić information content (AvgIpc) is 2.30. The number of likely N-dealkylation sites (N-methyl/N-ethyl adjacent to an activating group) is 1. The molecule has 0 aliphatic rings.